The molecule has 1 saturated carbocycles. The molecule has 122 valence electrons. The molecule has 0 aromatic carbocycles. The first kappa shape index (κ1) is 16.7. The number of carbonyl (C=O) groups excluding carboxylic acids is 1. The number of esters is 1. The molecule has 0 bridgehead atoms. The van der Waals surface area contributed by atoms with Crippen LogP contribution in [-0.4, -0.2) is 61.4 Å². The van der Waals surface area contributed by atoms with Gasteiger partial charge in [0.25, 0.3) is 0 Å². The summed E-state index contributed by atoms with van der Waals surface area (Å²) in [6.07, 6.45) is 4.45. The van der Waals surface area contributed by atoms with Crippen molar-refractivity contribution in [3.05, 3.63) is 0 Å². The van der Waals surface area contributed by atoms with Crippen LogP contribution in [0.3, 0.4) is 0 Å². The molecule has 5 nitrogen and oxygen atoms in total. The molecular weight excluding hydrogens is 268 g/mol. The third-order valence-electron chi connectivity index (χ3n) is 4.69. The van der Waals surface area contributed by atoms with E-state index in [-0.39, 0.29) is 12.1 Å². The summed E-state index contributed by atoms with van der Waals surface area (Å²) in [7, 11) is 2.12. The van der Waals surface area contributed by atoms with Gasteiger partial charge in [0.05, 0.1) is 12.7 Å². The molecule has 1 heterocycles. The zero-order valence-corrected chi connectivity index (χ0v) is 13.9. The Morgan fingerprint density at radius 3 is 2.67 bits per heavy atom. The highest BCUT2D eigenvalue weighted by Crippen LogP contribution is 2.26. The predicted octanol–water partition coefficient (Wildman–Crippen LogP) is 1.56. The van der Waals surface area contributed by atoms with Crippen LogP contribution in [0.25, 0.3) is 0 Å². The Morgan fingerprint density at radius 1 is 1.43 bits per heavy atom. The number of nitrogens with one attached hydrogen (secondary N) is 1. The van der Waals surface area contributed by atoms with E-state index in [2.05, 4.69) is 24.2 Å². The predicted molar refractivity (Wildman–Crippen MR) is 82.3 cm³/mol. The highest BCUT2D eigenvalue weighted by molar-refractivity contribution is 5.80. The second kappa shape index (κ2) is 7.07. The summed E-state index contributed by atoms with van der Waals surface area (Å²) < 4.78 is 10.9. The van der Waals surface area contributed by atoms with Gasteiger partial charge in [0.2, 0.25) is 0 Å². The van der Waals surface area contributed by atoms with Gasteiger partial charge in [-0.15, -0.1) is 0 Å². The van der Waals surface area contributed by atoms with Crippen LogP contribution in [0.2, 0.25) is 0 Å². The standard InChI is InChI=1S/C16H30N2O3/c1-5-20-15(19)16(3,17-13-6-7-13)9-10-18(4)14-8-11-21-12(14)2/h12-14,17H,5-11H2,1-4H3. The lowest BCUT2D eigenvalue weighted by Gasteiger charge is -2.33. The molecule has 2 fully saturated rings. The Bertz CT molecular complexity index is 359. The zero-order valence-electron chi connectivity index (χ0n) is 13.9. The SMILES string of the molecule is CCOC(=O)C(C)(CCN(C)C1CCOC1C)NC1CC1. The van der Waals surface area contributed by atoms with Gasteiger partial charge >= 0.3 is 5.97 Å². The van der Waals surface area contributed by atoms with E-state index in [0.29, 0.717) is 18.7 Å². The molecule has 0 aromatic rings. The minimum absolute atomic E-state index is 0.124. The lowest BCUT2D eigenvalue weighted by Crippen LogP contribution is -2.53. The van der Waals surface area contributed by atoms with E-state index in [0.717, 1.165) is 26.0 Å². The maximum atomic E-state index is 12.3. The van der Waals surface area contributed by atoms with Crippen LogP contribution >= 0.6 is 0 Å². The summed E-state index contributed by atoms with van der Waals surface area (Å²) in [5.41, 5.74) is -0.575. The van der Waals surface area contributed by atoms with Crippen LogP contribution in [-0.2, 0) is 14.3 Å². The third-order valence-corrected chi connectivity index (χ3v) is 4.69. The first-order valence-corrected chi connectivity index (χ1v) is 8.23. The molecule has 1 N–H and O–H groups in total. The normalized spacial score (nSPS) is 28.6. The van der Waals surface area contributed by atoms with Crippen molar-refractivity contribution in [1.82, 2.24) is 10.2 Å². The van der Waals surface area contributed by atoms with Crippen LogP contribution in [0.15, 0.2) is 0 Å². The molecule has 1 aliphatic heterocycles. The number of rotatable bonds is 8. The first-order valence-electron chi connectivity index (χ1n) is 8.23. The van der Waals surface area contributed by atoms with Gasteiger partial charge in [-0.05, 0) is 53.5 Å². The Hall–Kier alpha value is -0.650. The maximum Gasteiger partial charge on any atom is 0.326 e. The van der Waals surface area contributed by atoms with Gasteiger partial charge in [0.15, 0.2) is 0 Å². The second-order valence-electron chi connectivity index (χ2n) is 6.63. The fourth-order valence-electron chi connectivity index (χ4n) is 3.07. The summed E-state index contributed by atoms with van der Waals surface area (Å²) >= 11 is 0. The number of hydrogen-bond acceptors (Lipinski definition) is 5. The molecule has 0 aromatic heterocycles. The number of ether oxygens (including phenoxy) is 2. The molecule has 2 rings (SSSR count). The van der Waals surface area contributed by atoms with E-state index in [4.69, 9.17) is 9.47 Å². The lowest BCUT2D eigenvalue weighted by molar-refractivity contribution is -0.151. The highest BCUT2D eigenvalue weighted by atomic mass is 16.5. The minimum Gasteiger partial charge on any atom is -0.465 e. The number of hydrogen-bond donors (Lipinski definition) is 1. The van der Waals surface area contributed by atoms with E-state index < -0.39 is 5.54 Å². The molecule has 0 radical (unpaired) electrons. The largest absolute Gasteiger partial charge is 0.465 e. The fourth-order valence-corrected chi connectivity index (χ4v) is 3.07. The van der Waals surface area contributed by atoms with E-state index in [1.54, 1.807) is 0 Å². The van der Waals surface area contributed by atoms with Crippen LogP contribution in [0.4, 0.5) is 0 Å². The van der Waals surface area contributed by atoms with Crippen molar-refractivity contribution in [3.63, 3.8) is 0 Å². The average molecular weight is 298 g/mol. The van der Waals surface area contributed by atoms with Gasteiger partial charge in [-0.2, -0.15) is 0 Å². The van der Waals surface area contributed by atoms with Gasteiger partial charge in [-0.3, -0.25) is 10.1 Å². The Kier molecular flexibility index (Phi) is 5.63. The Morgan fingerprint density at radius 2 is 2.14 bits per heavy atom. The molecule has 1 saturated heterocycles. The van der Waals surface area contributed by atoms with Gasteiger partial charge in [0.1, 0.15) is 5.54 Å². The fraction of sp³-hybridized carbons (Fsp3) is 0.938. The molecular formula is C16H30N2O3. The lowest BCUT2D eigenvalue weighted by atomic mass is 9.96. The molecule has 0 amide bonds. The highest BCUT2D eigenvalue weighted by Gasteiger charge is 2.40. The Labute approximate surface area is 128 Å². The van der Waals surface area contributed by atoms with Crippen molar-refractivity contribution in [2.24, 2.45) is 0 Å². The smallest absolute Gasteiger partial charge is 0.326 e. The van der Waals surface area contributed by atoms with Crippen molar-refractivity contribution >= 4 is 5.97 Å². The molecule has 1 aliphatic carbocycles. The molecule has 3 unspecified atom stereocenters. The Balaban J connectivity index is 1.89. The molecule has 0 spiro atoms. The first-order chi connectivity index (χ1) is 9.96. The topological polar surface area (TPSA) is 50.8 Å². The van der Waals surface area contributed by atoms with Crippen LogP contribution in [0.5, 0.6) is 0 Å². The summed E-state index contributed by atoms with van der Waals surface area (Å²) in [5.74, 6) is -0.124. The van der Waals surface area contributed by atoms with E-state index in [9.17, 15) is 4.79 Å². The maximum absolute atomic E-state index is 12.3. The number of nitrogens with zero attached hydrogens (tertiary/aromatic N) is 1. The quantitative estimate of drug-likeness (QED) is 0.689. The third kappa shape index (κ3) is 4.41. The van der Waals surface area contributed by atoms with E-state index in [1.807, 2.05) is 13.8 Å². The van der Waals surface area contributed by atoms with Gasteiger partial charge in [0, 0.05) is 25.2 Å². The average Bonchev–Trinajstić information content (AvgIpc) is 3.15. The summed E-state index contributed by atoms with van der Waals surface area (Å²) in [4.78, 5) is 14.6. The molecule has 21 heavy (non-hydrogen) atoms. The van der Waals surface area contributed by atoms with Crippen molar-refractivity contribution in [2.45, 2.75) is 70.2 Å². The summed E-state index contributed by atoms with van der Waals surface area (Å²) in [5, 5.41) is 3.48. The van der Waals surface area contributed by atoms with Crippen molar-refractivity contribution < 1.29 is 14.3 Å². The molecule has 2 aliphatic rings. The minimum atomic E-state index is -0.575. The molecule has 3 atom stereocenters. The van der Waals surface area contributed by atoms with Crippen molar-refractivity contribution in [3.8, 4) is 0 Å². The van der Waals surface area contributed by atoms with Crippen LogP contribution in [0, 0.1) is 0 Å². The summed E-state index contributed by atoms with van der Waals surface area (Å²) in [6.45, 7) is 8.11. The van der Waals surface area contributed by atoms with Crippen molar-refractivity contribution in [1.29, 1.82) is 0 Å². The van der Waals surface area contributed by atoms with E-state index in [1.165, 1.54) is 12.8 Å². The zero-order chi connectivity index (χ0) is 15.5. The van der Waals surface area contributed by atoms with Gasteiger partial charge in [-0.1, -0.05) is 0 Å². The van der Waals surface area contributed by atoms with Gasteiger partial charge < -0.3 is 14.4 Å². The number of likely N-dealkylation sites (N-methyl/N-ethyl adjacent to an activating group) is 1. The number of carbonyl (C=O) groups is 1. The van der Waals surface area contributed by atoms with E-state index >= 15 is 0 Å². The monoisotopic (exact) mass is 298 g/mol. The molecule has 5 heteroatoms. The van der Waals surface area contributed by atoms with Crippen LogP contribution < -0.4 is 5.32 Å². The van der Waals surface area contributed by atoms with Crippen LogP contribution in [0.1, 0.15) is 46.5 Å². The summed E-state index contributed by atoms with van der Waals surface area (Å²) in [6, 6.07) is 0.941. The van der Waals surface area contributed by atoms with Gasteiger partial charge in [-0.25, -0.2) is 0 Å². The van der Waals surface area contributed by atoms with Crippen molar-refractivity contribution in [2.75, 3.05) is 26.8 Å². The second-order valence-corrected chi connectivity index (χ2v) is 6.63.